The maximum Gasteiger partial charge on any atom is 0.248 e. The quantitative estimate of drug-likeness (QED) is 0.721. The van der Waals surface area contributed by atoms with E-state index in [1.807, 2.05) is 20.8 Å². The van der Waals surface area contributed by atoms with Crippen LogP contribution in [0, 0.1) is 5.41 Å². The van der Waals surface area contributed by atoms with E-state index in [2.05, 4.69) is 15.6 Å². The van der Waals surface area contributed by atoms with Crippen LogP contribution < -0.4 is 10.1 Å². The molecule has 10 heteroatoms. The number of aromatic nitrogens is 3. The summed E-state index contributed by atoms with van der Waals surface area (Å²) in [4.78, 5) is 27.3. The summed E-state index contributed by atoms with van der Waals surface area (Å²) in [5.74, 6) is -0.0231. The number of β-amino-alcohol motifs (C(OH)–C–C–N with tert-alkyl or cyclic N) is 1. The molecule has 1 fully saturated rings. The summed E-state index contributed by atoms with van der Waals surface area (Å²) in [5.41, 5.74) is 0.619. The molecule has 31 heavy (non-hydrogen) atoms. The zero-order valence-electron chi connectivity index (χ0n) is 18.3. The highest BCUT2D eigenvalue weighted by atomic mass is 35.5. The zero-order chi connectivity index (χ0) is 22.9. The van der Waals surface area contributed by atoms with E-state index >= 15 is 0 Å². The van der Waals surface area contributed by atoms with Gasteiger partial charge in [-0.25, -0.2) is 4.68 Å². The number of likely N-dealkylation sites (tertiary alicyclic amines) is 1. The van der Waals surface area contributed by atoms with Gasteiger partial charge in [-0.3, -0.25) is 9.59 Å². The van der Waals surface area contributed by atoms with Gasteiger partial charge in [0, 0.05) is 30.6 Å². The first-order valence-electron chi connectivity index (χ1n) is 10.0. The molecule has 1 aromatic carbocycles. The molecular weight excluding hydrogens is 422 g/mol. The van der Waals surface area contributed by atoms with Gasteiger partial charge in [-0.1, -0.05) is 37.6 Å². The van der Waals surface area contributed by atoms with E-state index in [4.69, 9.17) is 16.3 Å². The molecule has 0 aliphatic carbocycles. The Morgan fingerprint density at radius 2 is 2.06 bits per heavy atom. The first kappa shape index (κ1) is 23.0. The van der Waals surface area contributed by atoms with Gasteiger partial charge in [0.05, 0.1) is 19.4 Å². The fraction of sp³-hybridized carbons (Fsp3) is 0.524. The number of ether oxygens (including phenoxy) is 1. The van der Waals surface area contributed by atoms with Gasteiger partial charge >= 0.3 is 0 Å². The number of carbonyl (C=O) groups excluding carboxylic acids is 2. The Hall–Kier alpha value is -2.65. The molecule has 2 amide bonds. The molecule has 2 N–H and O–H groups in total. The number of rotatable bonds is 5. The fourth-order valence-corrected chi connectivity index (χ4v) is 4.09. The molecule has 2 aromatic rings. The Bertz CT molecular complexity index is 971. The normalized spacial score (nSPS) is 19.9. The van der Waals surface area contributed by atoms with Crippen LogP contribution in [0.15, 0.2) is 24.4 Å². The molecule has 3 rings (SSSR count). The van der Waals surface area contributed by atoms with E-state index in [-0.39, 0.29) is 24.8 Å². The molecular formula is C21H28ClN5O4. The van der Waals surface area contributed by atoms with Gasteiger partial charge in [-0.15, -0.1) is 5.10 Å². The third kappa shape index (κ3) is 4.67. The van der Waals surface area contributed by atoms with Crippen LogP contribution in [0.2, 0.25) is 5.02 Å². The Labute approximate surface area is 186 Å². The van der Waals surface area contributed by atoms with Crippen LogP contribution in [0.3, 0.4) is 0 Å². The van der Waals surface area contributed by atoms with Crippen LogP contribution in [0.1, 0.15) is 33.2 Å². The number of aliphatic hydroxyl groups is 1. The number of nitrogens with one attached hydrogen (secondary N) is 1. The average Bonchev–Trinajstić information content (AvgIpc) is 3.33. The predicted molar refractivity (Wildman–Crippen MR) is 116 cm³/mol. The number of benzene rings is 1. The van der Waals surface area contributed by atoms with Crippen molar-refractivity contribution in [2.24, 2.45) is 5.41 Å². The van der Waals surface area contributed by atoms with Crippen LogP contribution in [0.5, 0.6) is 5.75 Å². The van der Waals surface area contributed by atoms with Crippen molar-refractivity contribution in [1.29, 1.82) is 0 Å². The van der Waals surface area contributed by atoms with Crippen LogP contribution in [0.25, 0.3) is 11.3 Å². The van der Waals surface area contributed by atoms with Gasteiger partial charge in [-0.2, -0.15) is 0 Å². The van der Waals surface area contributed by atoms with Crippen molar-refractivity contribution in [1.82, 2.24) is 25.2 Å². The zero-order valence-corrected chi connectivity index (χ0v) is 19.1. The first-order chi connectivity index (χ1) is 14.6. The second kappa shape index (κ2) is 8.84. The number of hydrogen-bond donors (Lipinski definition) is 2. The van der Waals surface area contributed by atoms with Gasteiger partial charge < -0.3 is 20.1 Å². The van der Waals surface area contributed by atoms with Crippen molar-refractivity contribution < 1.29 is 19.4 Å². The van der Waals surface area contributed by atoms with Crippen molar-refractivity contribution in [3.05, 3.63) is 29.4 Å². The van der Waals surface area contributed by atoms with Crippen LogP contribution >= 0.6 is 11.6 Å². The standard InChI is InChI=1S/C21H28ClN5O4/c1-21(2,3)18(20(30)26-10-13(28)9-16(26)19(29)23-4)27-11-15(24-25-27)14-8-12(22)6-7-17(14)31-5/h6-8,11,13,16,18,28H,9-10H2,1-5H3,(H,23,29)/t13?,16-,18?/m1/s1. The molecule has 0 radical (unpaired) electrons. The minimum absolute atomic E-state index is 0.0904. The number of nitrogens with zero attached hydrogens (tertiary/aromatic N) is 4. The summed E-state index contributed by atoms with van der Waals surface area (Å²) >= 11 is 6.14. The minimum Gasteiger partial charge on any atom is -0.496 e. The highest BCUT2D eigenvalue weighted by Crippen LogP contribution is 2.36. The Balaban J connectivity index is 1.99. The highest BCUT2D eigenvalue weighted by Gasteiger charge is 2.45. The molecule has 2 unspecified atom stereocenters. The number of amides is 2. The fourth-order valence-electron chi connectivity index (χ4n) is 3.92. The third-order valence-electron chi connectivity index (χ3n) is 5.38. The van der Waals surface area contributed by atoms with Crippen LogP contribution in [0.4, 0.5) is 0 Å². The largest absolute Gasteiger partial charge is 0.496 e. The number of likely N-dealkylation sites (N-methyl/N-ethyl adjacent to an activating group) is 1. The molecule has 1 saturated heterocycles. The molecule has 1 aliphatic rings. The van der Waals surface area contributed by atoms with E-state index < -0.39 is 23.6 Å². The van der Waals surface area contributed by atoms with E-state index in [1.165, 1.54) is 16.6 Å². The monoisotopic (exact) mass is 449 g/mol. The second-order valence-electron chi connectivity index (χ2n) is 8.71. The molecule has 0 saturated carbocycles. The number of methoxy groups -OCH3 is 1. The molecule has 3 atom stereocenters. The van der Waals surface area contributed by atoms with Gasteiger partial charge in [0.2, 0.25) is 11.8 Å². The summed E-state index contributed by atoms with van der Waals surface area (Å²) < 4.78 is 6.91. The van der Waals surface area contributed by atoms with Crippen molar-refractivity contribution in [2.45, 2.75) is 45.4 Å². The van der Waals surface area contributed by atoms with E-state index in [9.17, 15) is 14.7 Å². The number of aliphatic hydroxyl groups excluding tert-OH is 1. The van der Waals surface area contributed by atoms with Crippen LogP contribution in [-0.2, 0) is 9.59 Å². The topological polar surface area (TPSA) is 110 Å². The summed E-state index contributed by atoms with van der Waals surface area (Å²) in [6.07, 6.45) is 1.11. The second-order valence-corrected chi connectivity index (χ2v) is 9.14. The van der Waals surface area contributed by atoms with E-state index in [0.717, 1.165) is 0 Å². The van der Waals surface area contributed by atoms with Crippen LogP contribution in [-0.4, -0.2) is 69.7 Å². The summed E-state index contributed by atoms with van der Waals surface area (Å²) in [5, 5.41) is 21.7. The third-order valence-corrected chi connectivity index (χ3v) is 5.61. The smallest absolute Gasteiger partial charge is 0.248 e. The Kier molecular flexibility index (Phi) is 6.56. The van der Waals surface area contributed by atoms with Gasteiger partial charge in [0.15, 0.2) is 0 Å². The lowest BCUT2D eigenvalue weighted by Crippen LogP contribution is -2.49. The van der Waals surface area contributed by atoms with Crippen molar-refractivity contribution in [2.75, 3.05) is 20.7 Å². The molecule has 2 heterocycles. The van der Waals surface area contributed by atoms with Gasteiger partial charge in [0.25, 0.3) is 0 Å². The van der Waals surface area contributed by atoms with Gasteiger partial charge in [-0.05, 0) is 23.6 Å². The predicted octanol–water partition coefficient (Wildman–Crippen LogP) is 1.90. The maximum atomic E-state index is 13.6. The molecule has 0 bridgehead atoms. The summed E-state index contributed by atoms with van der Waals surface area (Å²) in [6.45, 7) is 5.84. The highest BCUT2D eigenvalue weighted by molar-refractivity contribution is 6.30. The molecule has 1 aliphatic heterocycles. The number of halogens is 1. The SMILES string of the molecule is CNC(=O)[C@H]1CC(O)CN1C(=O)C(n1cc(-c2cc(Cl)ccc2OC)nn1)C(C)(C)C. The molecule has 168 valence electrons. The maximum absolute atomic E-state index is 13.6. The van der Waals surface area contributed by atoms with Crippen molar-refractivity contribution in [3.63, 3.8) is 0 Å². The molecule has 9 nitrogen and oxygen atoms in total. The van der Waals surface area contributed by atoms with Crippen molar-refractivity contribution >= 4 is 23.4 Å². The number of carbonyl (C=O) groups is 2. The Morgan fingerprint density at radius 1 is 1.35 bits per heavy atom. The first-order valence-corrected chi connectivity index (χ1v) is 10.4. The van der Waals surface area contributed by atoms with Crippen molar-refractivity contribution in [3.8, 4) is 17.0 Å². The lowest BCUT2D eigenvalue weighted by molar-refractivity contribution is -0.144. The molecule has 1 aromatic heterocycles. The molecule has 0 spiro atoms. The lowest BCUT2D eigenvalue weighted by Gasteiger charge is -2.34. The minimum atomic E-state index is -0.756. The summed E-state index contributed by atoms with van der Waals surface area (Å²) in [6, 6.07) is 3.71. The number of hydrogen-bond acceptors (Lipinski definition) is 6. The summed E-state index contributed by atoms with van der Waals surface area (Å²) in [7, 11) is 3.06. The van der Waals surface area contributed by atoms with Gasteiger partial charge in [0.1, 0.15) is 23.5 Å². The Morgan fingerprint density at radius 3 is 2.68 bits per heavy atom. The lowest BCUT2D eigenvalue weighted by atomic mass is 9.85. The van der Waals surface area contributed by atoms with E-state index in [1.54, 1.807) is 31.5 Å². The average molecular weight is 450 g/mol. The van der Waals surface area contributed by atoms with E-state index in [0.29, 0.717) is 22.0 Å².